The summed E-state index contributed by atoms with van der Waals surface area (Å²) in [6.07, 6.45) is 2.51. The Morgan fingerprint density at radius 2 is 1.88 bits per heavy atom. The molecule has 5 heteroatoms. The summed E-state index contributed by atoms with van der Waals surface area (Å²) in [6, 6.07) is 8.55. The molecule has 0 heterocycles. The lowest BCUT2D eigenvalue weighted by Gasteiger charge is -2.16. The average molecular weight is 344 g/mol. The highest BCUT2D eigenvalue weighted by molar-refractivity contribution is 6.12. The van der Waals surface area contributed by atoms with Crippen LogP contribution in [0.2, 0.25) is 0 Å². The Morgan fingerprint density at radius 1 is 1.16 bits per heavy atom. The molecule has 2 aromatic carbocycles. The molecule has 0 fully saturated rings. The molecule has 2 rings (SSSR count). The Kier molecular flexibility index (Phi) is 6.17. The molecule has 25 heavy (non-hydrogen) atoms. The Balaban J connectivity index is 2.67. The number of methoxy groups -OCH3 is 1. The topological polar surface area (TPSA) is 55.8 Å². The van der Waals surface area contributed by atoms with E-state index in [1.807, 2.05) is 19.9 Å². The van der Waals surface area contributed by atoms with Crippen LogP contribution in [0.25, 0.3) is 5.76 Å². The van der Waals surface area contributed by atoms with Crippen molar-refractivity contribution in [3.05, 3.63) is 65.0 Å². The van der Waals surface area contributed by atoms with Crippen molar-refractivity contribution in [1.29, 1.82) is 0 Å². The molecule has 0 amide bonds. The molecule has 0 aliphatic heterocycles. The van der Waals surface area contributed by atoms with Gasteiger partial charge in [-0.05, 0) is 43.7 Å². The van der Waals surface area contributed by atoms with Crippen LogP contribution in [-0.2, 0) is 4.74 Å². The van der Waals surface area contributed by atoms with Crippen LogP contribution in [0.15, 0.2) is 42.5 Å². The van der Waals surface area contributed by atoms with E-state index < -0.39 is 11.6 Å². The highest BCUT2D eigenvalue weighted by Gasteiger charge is 2.22. The van der Waals surface area contributed by atoms with E-state index in [2.05, 4.69) is 0 Å². The summed E-state index contributed by atoms with van der Waals surface area (Å²) in [5.74, 6) is -0.651. The van der Waals surface area contributed by atoms with Gasteiger partial charge in [-0.15, -0.1) is 0 Å². The number of hydrogen-bond acceptors (Lipinski definition) is 4. The van der Waals surface area contributed by atoms with Crippen LogP contribution < -0.4 is 4.74 Å². The fraction of sp³-hybridized carbons (Fsp3) is 0.250. The molecule has 0 unspecified atom stereocenters. The molecule has 0 aliphatic carbocycles. The maximum absolute atomic E-state index is 14.0. The minimum Gasteiger partial charge on any atom is -0.504 e. The first kappa shape index (κ1) is 18.5. The summed E-state index contributed by atoms with van der Waals surface area (Å²) in [7, 11) is 1.42. The largest absolute Gasteiger partial charge is 0.504 e. The van der Waals surface area contributed by atoms with E-state index in [4.69, 9.17) is 9.47 Å². The molecule has 0 aromatic heterocycles. The Morgan fingerprint density at radius 3 is 2.48 bits per heavy atom. The standard InChI is InChI=1S/C20H21FO4/c1-4-8-18(25-5-2)14-12-19(24-3)17(22)11-15(14)20(23)13-9-6-7-10-16(13)21/h6-12,22H,4-5H2,1-3H3. The summed E-state index contributed by atoms with van der Waals surface area (Å²) in [6.45, 7) is 4.18. The third kappa shape index (κ3) is 3.99. The second kappa shape index (κ2) is 8.33. The number of benzene rings is 2. The van der Waals surface area contributed by atoms with Crippen LogP contribution in [0.1, 0.15) is 41.8 Å². The second-order valence-electron chi connectivity index (χ2n) is 5.29. The van der Waals surface area contributed by atoms with Gasteiger partial charge in [0.05, 0.1) is 19.3 Å². The number of aromatic hydroxyl groups is 1. The highest BCUT2D eigenvalue weighted by atomic mass is 19.1. The van der Waals surface area contributed by atoms with Crippen molar-refractivity contribution in [2.24, 2.45) is 0 Å². The number of phenols is 1. The van der Waals surface area contributed by atoms with E-state index in [1.165, 1.54) is 37.4 Å². The van der Waals surface area contributed by atoms with Gasteiger partial charge in [-0.25, -0.2) is 4.39 Å². The van der Waals surface area contributed by atoms with Crippen molar-refractivity contribution in [2.75, 3.05) is 13.7 Å². The smallest absolute Gasteiger partial charge is 0.196 e. The van der Waals surface area contributed by atoms with Crippen LogP contribution >= 0.6 is 0 Å². The van der Waals surface area contributed by atoms with E-state index in [9.17, 15) is 14.3 Å². The molecule has 0 radical (unpaired) electrons. The second-order valence-corrected chi connectivity index (χ2v) is 5.29. The van der Waals surface area contributed by atoms with E-state index in [1.54, 1.807) is 6.07 Å². The van der Waals surface area contributed by atoms with E-state index in [0.29, 0.717) is 24.4 Å². The third-order valence-electron chi connectivity index (χ3n) is 3.64. The van der Waals surface area contributed by atoms with Crippen molar-refractivity contribution in [3.63, 3.8) is 0 Å². The van der Waals surface area contributed by atoms with E-state index in [-0.39, 0.29) is 22.6 Å². The molecule has 0 spiro atoms. The Labute approximate surface area is 146 Å². The molecule has 1 N–H and O–H groups in total. The number of phenolic OH excluding ortho intramolecular Hbond substituents is 1. The van der Waals surface area contributed by atoms with Gasteiger partial charge in [0.2, 0.25) is 0 Å². The summed E-state index contributed by atoms with van der Waals surface area (Å²) in [4.78, 5) is 12.9. The number of ketones is 1. The number of carbonyl (C=O) groups excluding carboxylic acids is 1. The molecular formula is C20H21FO4. The van der Waals surface area contributed by atoms with Gasteiger partial charge < -0.3 is 14.6 Å². The van der Waals surface area contributed by atoms with E-state index in [0.717, 1.165) is 0 Å². The molecule has 2 aromatic rings. The van der Waals surface area contributed by atoms with E-state index >= 15 is 0 Å². The summed E-state index contributed by atoms with van der Waals surface area (Å²) < 4.78 is 24.8. The summed E-state index contributed by atoms with van der Waals surface area (Å²) in [5, 5.41) is 10.1. The lowest BCUT2D eigenvalue weighted by Crippen LogP contribution is -2.09. The number of rotatable bonds is 7. The first-order chi connectivity index (χ1) is 12.0. The van der Waals surface area contributed by atoms with Gasteiger partial charge in [0.1, 0.15) is 11.6 Å². The fourth-order valence-corrected chi connectivity index (χ4v) is 2.50. The lowest BCUT2D eigenvalue weighted by atomic mass is 9.95. The molecule has 0 saturated heterocycles. The molecule has 132 valence electrons. The van der Waals surface area contributed by atoms with Gasteiger partial charge in [0.15, 0.2) is 17.3 Å². The fourth-order valence-electron chi connectivity index (χ4n) is 2.50. The monoisotopic (exact) mass is 344 g/mol. The normalized spacial score (nSPS) is 11.3. The minimum absolute atomic E-state index is 0.0688. The first-order valence-corrected chi connectivity index (χ1v) is 8.07. The maximum Gasteiger partial charge on any atom is 0.196 e. The van der Waals surface area contributed by atoms with Crippen molar-refractivity contribution < 1.29 is 23.8 Å². The van der Waals surface area contributed by atoms with Crippen LogP contribution in [0, 0.1) is 5.82 Å². The van der Waals surface area contributed by atoms with Gasteiger partial charge in [-0.2, -0.15) is 0 Å². The molecule has 0 bridgehead atoms. The van der Waals surface area contributed by atoms with Gasteiger partial charge >= 0.3 is 0 Å². The highest BCUT2D eigenvalue weighted by Crippen LogP contribution is 2.35. The quantitative estimate of drug-likeness (QED) is 0.591. The number of ether oxygens (including phenoxy) is 2. The molecular weight excluding hydrogens is 323 g/mol. The van der Waals surface area contributed by atoms with Gasteiger partial charge in [0.25, 0.3) is 0 Å². The summed E-state index contributed by atoms with van der Waals surface area (Å²) >= 11 is 0. The van der Waals surface area contributed by atoms with Crippen LogP contribution in [-0.4, -0.2) is 24.6 Å². The summed E-state index contributed by atoms with van der Waals surface area (Å²) in [5.41, 5.74) is 0.531. The Hall–Kier alpha value is -2.82. The van der Waals surface area contributed by atoms with Crippen molar-refractivity contribution in [2.45, 2.75) is 20.3 Å². The van der Waals surface area contributed by atoms with Crippen molar-refractivity contribution in [1.82, 2.24) is 0 Å². The zero-order valence-electron chi connectivity index (χ0n) is 14.5. The minimum atomic E-state index is -0.619. The number of halogens is 1. The predicted molar refractivity (Wildman–Crippen MR) is 94.4 cm³/mol. The maximum atomic E-state index is 14.0. The average Bonchev–Trinajstić information content (AvgIpc) is 2.61. The van der Waals surface area contributed by atoms with Crippen molar-refractivity contribution >= 4 is 11.5 Å². The predicted octanol–water partition coefficient (Wildman–Crippen LogP) is 4.56. The first-order valence-electron chi connectivity index (χ1n) is 8.07. The van der Waals surface area contributed by atoms with Crippen LogP contribution in [0.4, 0.5) is 4.39 Å². The molecule has 0 aliphatic rings. The number of hydrogen-bond donors (Lipinski definition) is 1. The lowest BCUT2D eigenvalue weighted by molar-refractivity contribution is 0.103. The number of carbonyl (C=O) groups is 1. The van der Waals surface area contributed by atoms with Gasteiger partial charge in [-0.3, -0.25) is 4.79 Å². The van der Waals surface area contributed by atoms with Crippen molar-refractivity contribution in [3.8, 4) is 11.5 Å². The molecule has 0 saturated carbocycles. The van der Waals surface area contributed by atoms with Crippen LogP contribution in [0.5, 0.6) is 11.5 Å². The van der Waals surface area contributed by atoms with Crippen LogP contribution in [0.3, 0.4) is 0 Å². The zero-order valence-corrected chi connectivity index (χ0v) is 14.5. The Bertz CT molecular complexity index is 796. The molecule has 4 nitrogen and oxygen atoms in total. The number of allylic oxidation sites excluding steroid dienone is 1. The SMILES string of the molecule is CCC=C(OCC)c1cc(OC)c(O)cc1C(=O)c1ccccc1F. The van der Waals surface area contributed by atoms with Gasteiger partial charge in [0, 0.05) is 11.1 Å². The zero-order chi connectivity index (χ0) is 18.4. The molecule has 0 atom stereocenters. The van der Waals surface area contributed by atoms with Gasteiger partial charge in [-0.1, -0.05) is 19.1 Å². The third-order valence-corrected chi connectivity index (χ3v) is 3.64.